The molecule has 0 aromatic carbocycles. The van der Waals surface area contributed by atoms with Crippen LogP contribution in [0.2, 0.25) is 0 Å². The Morgan fingerprint density at radius 1 is 1.40 bits per heavy atom. The molecular formula is C18H25N5O2. The number of nitrogens with two attached hydrogens (primary N) is 1. The molecular weight excluding hydrogens is 318 g/mol. The molecule has 1 fully saturated rings. The Kier molecular flexibility index (Phi) is 5.35. The van der Waals surface area contributed by atoms with Crippen LogP contribution < -0.4 is 16.0 Å². The number of carbonyl (C=O) groups is 1. The summed E-state index contributed by atoms with van der Waals surface area (Å²) in [5.41, 5.74) is 7.01. The van der Waals surface area contributed by atoms with Crippen LogP contribution in [0.5, 0.6) is 0 Å². The lowest BCUT2D eigenvalue weighted by Crippen LogP contribution is -2.42. The first kappa shape index (κ1) is 17.4. The Hall–Kier alpha value is -2.38. The summed E-state index contributed by atoms with van der Waals surface area (Å²) in [6.45, 7) is 2.31. The summed E-state index contributed by atoms with van der Waals surface area (Å²) in [5.74, 6) is 0.845. The third-order valence-corrected chi connectivity index (χ3v) is 4.67. The van der Waals surface area contributed by atoms with Crippen LogP contribution in [0, 0.1) is 0 Å². The molecule has 3 rings (SSSR count). The van der Waals surface area contributed by atoms with E-state index in [4.69, 9.17) is 10.2 Å². The second kappa shape index (κ2) is 7.67. The summed E-state index contributed by atoms with van der Waals surface area (Å²) in [4.78, 5) is 21.2. The third-order valence-electron chi connectivity index (χ3n) is 4.67. The summed E-state index contributed by atoms with van der Waals surface area (Å²) < 4.78 is 5.18. The van der Waals surface area contributed by atoms with Gasteiger partial charge in [0.2, 0.25) is 0 Å². The van der Waals surface area contributed by atoms with Gasteiger partial charge in [0.1, 0.15) is 17.8 Å². The van der Waals surface area contributed by atoms with Gasteiger partial charge < -0.3 is 25.3 Å². The molecule has 1 saturated heterocycles. The van der Waals surface area contributed by atoms with Gasteiger partial charge in [-0.25, -0.2) is 4.98 Å². The summed E-state index contributed by atoms with van der Waals surface area (Å²) in [7, 11) is 4.27. The minimum Gasteiger partial charge on any atom is -0.467 e. The second-order valence-electron chi connectivity index (χ2n) is 6.54. The Morgan fingerprint density at radius 3 is 2.72 bits per heavy atom. The highest BCUT2D eigenvalue weighted by Crippen LogP contribution is 2.22. The van der Waals surface area contributed by atoms with Crippen LogP contribution in [0.15, 0.2) is 35.1 Å². The van der Waals surface area contributed by atoms with E-state index in [0.29, 0.717) is 23.2 Å². The molecule has 0 saturated carbocycles. The Morgan fingerprint density at radius 2 is 2.16 bits per heavy atom. The van der Waals surface area contributed by atoms with Crippen molar-refractivity contribution >= 4 is 17.4 Å². The van der Waals surface area contributed by atoms with Crippen molar-refractivity contribution in [3.05, 3.63) is 42.0 Å². The van der Waals surface area contributed by atoms with Gasteiger partial charge in [-0.3, -0.25) is 4.79 Å². The van der Waals surface area contributed by atoms with Gasteiger partial charge in [0, 0.05) is 19.1 Å². The molecule has 1 amide bonds. The zero-order valence-electron chi connectivity index (χ0n) is 14.7. The number of furan rings is 1. The van der Waals surface area contributed by atoms with Gasteiger partial charge in [-0.15, -0.1) is 0 Å². The van der Waals surface area contributed by atoms with E-state index in [1.54, 1.807) is 6.07 Å². The van der Waals surface area contributed by atoms with Crippen LogP contribution in [0.4, 0.5) is 11.5 Å². The normalized spacial score (nSPS) is 15.6. The van der Waals surface area contributed by atoms with E-state index in [1.807, 2.05) is 18.3 Å². The molecule has 0 atom stereocenters. The number of carbonyl (C=O) groups excluding carboxylic acids is 1. The van der Waals surface area contributed by atoms with Crippen molar-refractivity contribution < 1.29 is 9.21 Å². The van der Waals surface area contributed by atoms with E-state index in [-0.39, 0.29) is 12.5 Å². The van der Waals surface area contributed by atoms with Crippen LogP contribution in [0.3, 0.4) is 0 Å². The largest absolute Gasteiger partial charge is 0.467 e. The van der Waals surface area contributed by atoms with Crippen molar-refractivity contribution in [2.24, 2.45) is 5.73 Å². The lowest BCUT2D eigenvalue weighted by Gasteiger charge is -2.36. The van der Waals surface area contributed by atoms with Gasteiger partial charge in [-0.2, -0.15) is 0 Å². The summed E-state index contributed by atoms with van der Waals surface area (Å²) in [6.07, 6.45) is 5.51. The van der Waals surface area contributed by atoms with Gasteiger partial charge >= 0.3 is 0 Å². The molecule has 25 heavy (non-hydrogen) atoms. The Bertz CT molecular complexity index is 703. The number of hydrogen-bond donors (Lipinski definition) is 2. The van der Waals surface area contributed by atoms with Gasteiger partial charge in [-0.1, -0.05) is 0 Å². The minimum absolute atomic E-state index is 0.254. The van der Waals surface area contributed by atoms with E-state index in [9.17, 15) is 4.79 Å². The highest BCUT2D eigenvalue weighted by Gasteiger charge is 2.21. The molecule has 1 aliphatic heterocycles. The van der Waals surface area contributed by atoms with Gasteiger partial charge in [0.25, 0.3) is 5.91 Å². The maximum atomic E-state index is 12.2. The number of anilines is 2. The smallest absolute Gasteiger partial charge is 0.260 e. The average Bonchev–Trinajstić information content (AvgIpc) is 3.12. The maximum absolute atomic E-state index is 12.2. The number of nitrogens with one attached hydrogen (secondary N) is 1. The third kappa shape index (κ3) is 4.18. The highest BCUT2D eigenvalue weighted by molar-refractivity contribution is 6.03. The number of rotatable bonds is 5. The van der Waals surface area contributed by atoms with Crippen LogP contribution in [0.25, 0.3) is 0 Å². The first-order valence-electron chi connectivity index (χ1n) is 8.53. The Labute approximate surface area is 147 Å². The van der Waals surface area contributed by atoms with Gasteiger partial charge in [0.05, 0.1) is 24.0 Å². The van der Waals surface area contributed by atoms with Crippen LogP contribution in [-0.4, -0.2) is 49.0 Å². The predicted molar refractivity (Wildman–Crippen MR) is 97.7 cm³/mol. The lowest BCUT2D eigenvalue weighted by molar-refractivity contribution is 0.102. The van der Waals surface area contributed by atoms with E-state index in [0.717, 1.165) is 31.6 Å². The molecule has 7 heteroatoms. The molecule has 7 nitrogen and oxygen atoms in total. The fourth-order valence-electron chi connectivity index (χ4n) is 3.08. The van der Waals surface area contributed by atoms with E-state index in [1.165, 1.54) is 6.26 Å². The average molecular weight is 343 g/mol. The molecule has 3 N–H and O–H groups in total. The predicted octanol–water partition coefficient (Wildman–Crippen LogP) is 1.92. The number of nitrogens with zero attached hydrogens (tertiary/aromatic N) is 3. The van der Waals surface area contributed by atoms with Crippen molar-refractivity contribution in [1.29, 1.82) is 0 Å². The summed E-state index contributed by atoms with van der Waals surface area (Å²) >= 11 is 0. The molecule has 0 aliphatic carbocycles. The van der Waals surface area contributed by atoms with Crippen LogP contribution in [-0.2, 0) is 6.54 Å². The van der Waals surface area contributed by atoms with Gasteiger partial charge in [0.15, 0.2) is 0 Å². The SMILES string of the molecule is CN(C)C1CCN(c2ccc(NC(=O)c3coc(CN)c3)nc2)CC1. The van der Waals surface area contributed by atoms with Crippen molar-refractivity contribution in [1.82, 2.24) is 9.88 Å². The molecule has 0 radical (unpaired) electrons. The zero-order chi connectivity index (χ0) is 17.8. The van der Waals surface area contributed by atoms with E-state index in [2.05, 4.69) is 34.2 Å². The second-order valence-corrected chi connectivity index (χ2v) is 6.54. The Balaban J connectivity index is 1.58. The van der Waals surface area contributed by atoms with Crippen molar-refractivity contribution in [2.45, 2.75) is 25.4 Å². The van der Waals surface area contributed by atoms with Crippen LogP contribution in [0.1, 0.15) is 29.0 Å². The van der Waals surface area contributed by atoms with Crippen LogP contribution >= 0.6 is 0 Å². The fourth-order valence-corrected chi connectivity index (χ4v) is 3.08. The minimum atomic E-state index is -0.254. The zero-order valence-corrected chi connectivity index (χ0v) is 14.7. The maximum Gasteiger partial charge on any atom is 0.260 e. The monoisotopic (exact) mass is 343 g/mol. The molecule has 134 valence electrons. The van der Waals surface area contributed by atoms with Crippen molar-refractivity contribution in [3.63, 3.8) is 0 Å². The molecule has 0 bridgehead atoms. The lowest BCUT2D eigenvalue weighted by atomic mass is 10.0. The van der Waals surface area contributed by atoms with E-state index < -0.39 is 0 Å². The number of aromatic nitrogens is 1. The summed E-state index contributed by atoms with van der Waals surface area (Å²) in [6, 6.07) is 6.11. The van der Waals surface area contributed by atoms with Crippen molar-refractivity contribution in [2.75, 3.05) is 37.4 Å². The molecule has 2 aromatic heterocycles. The van der Waals surface area contributed by atoms with Gasteiger partial charge in [-0.05, 0) is 45.1 Å². The first-order valence-corrected chi connectivity index (χ1v) is 8.53. The standard InChI is InChI=1S/C18H25N5O2/c1-22(2)14-5-7-23(8-6-14)15-3-4-17(20-11-15)21-18(24)13-9-16(10-19)25-12-13/h3-4,9,11-12,14H,5-8,10,19H2,1-2H3,(H,20,21,24). The topological polar surface area (TPSA) is 87.6 Å². The quantitative estimate of drug-likeness (QED) is 0.862. The van der Waals surface area contributed by atoms with Crippen molar-refractivity contribution in [3.8, 4) is 0 Å². The molecule has 2 aromatic rings. The van der Waals surface area contributed by atoms with E-state index >= 15 is 0 Å². The molecule has 3 heterocycles. The molecule has 0 unspecified atom stereocenters. The number of piperidine rings is 1. The molecule has 1 aliphatic rings. The number of amides is 1. The first-order chi connectivity index (χ1) is 12.1. The number of hydrogen-bond acceptors (Lipinski definition) is 6. The number of pyridine rings is 1. The highest BCUT2D eigenvalue weighted by atomic mass is 16.3. The molecule has 0 spiro atoms. The fraction of sp³-hybridized carbons (Fsp3) is 0.444. The summed E-state index contributed by atoms with van der Waals surface area (Å²) in [5, 5.41) is 2.77.